The Bertz CT molecular complexity index is 900. The van der Waals surface area contributed by atoms with Gasteiger partial charge in [0.25, 0.3) is 5.91 Å². The summed E-state index contributed by atoms with van der Waals surface area (Å²) in [4.78, 5) is 17.6. The molecule has 2 aromatic carbocycles. The second-order valence-electron chi connectivity index (χ2n) is 6.16. The van der Waals surface area contributed by atoms with Gasteiger partial charge in [-0.25, -0.2) is 0 Å². The van der Waals surface area contributed by atoms with Gasteiger partial charge in [-0.3, -0.25) is 4.79 Å². The molecule has 4 nitrogen and oxygen atoms in total. The van der Waals surface area contributed by atoms with Gasteiger partial charge in [0.05, 0.1) is 6.54 Å². The van der Waals surface area contributed by atoms with E-state index in [0.29, 0.717) is 23.7 Å². The summed E-state index contributed by atoms with van der Waals surface area (Å²) < 4.78 is 5.65. The number of rotatable bonds is 5. The van der Waals surface area contributed by atoms with Crippen molar-refractivity contribution in [1.29, 1.82) is 0 Å². The lowest BCUT2D eigenvalue weighted by molar-refractivity contribution is 0.0774. The van der Waals surface area contributed by atoms with E-state index in [-0.39, 0.29) is 5.91 Å². The van der Waals surface area contributed by atoms with Gasteiger partial charge in [0, 0.05) is 34.2 Å². The van der Waals surface area contributed by atoms with Gasteiger partial charge < -0.3 is 14.6 Å². The van der Waals surface area contributed by atoms with Crippen LogP contribution in [-0.2, 0) is 0 Å². The third-order valence-corrected chi connectivity index (χ3v) is 4.66. The molecular weight excluding hydrogens is 336 g/mol. The molecule has 0 atom stereocenters. The van der Waals surface area contributed by atoms with Crippen LogP contribution in [0.2, 0.25) is 5.02 Å². The summed E-state index contributed by atoms with van der Waals surface area (Å²) in [6.07, 6.45) is 0. The molecule has 0 saturated carbocycles. The van der Waals surface area contributed by atoms with Crippen molar-refractivity contribution in [3.05, 3.63) is 64.3 Å². The first kappa shape index (κ1) is 17.4. The third kappa shape index (κ3) is 3.80. The minimum absolute atomic E-state index is 0.0140. The van der Waals surface area contributed by atoms with Gasteiger partial charge in [-0.2, -0.15) is 0 Å². The number of halogens is 1. The Morgan fingerprint density at radius 2 is 1.88 bits per heavy atom. The van der Waals surface area contributed by atoms with E-state index in [0.717, 1.165) is 22.3 Å². The molecule has 0 fully saturated rings. The van der Waals surface area contributed by atoms with E-state index in [2.05, 4.69) is 11.9 Å². The van der Waals surface area contributed by atoms with Gasteiger partial charge in [0.15, 0.2) is 0 Å². The van der Waals surface area contributed by atoms with E-state index >= 15 is 0 Å². The van der Waals surface area contributed by atoms with Gasteiger partial charge in [-0.05, 0) is 61.9 Å². The lowest BCUT2D eigenvalue weighted by Gasteiger charge is -2.17. The normalized spacial score (nSPS) is 10.9. The number of fused-ring (bicyclic) bond motifs is 1. The molecule has 0 unspecified atom stereocenters. The first-order valence-corrected chi connectivity index (χ1v) is 8.56. The van der Waals surface area contributed by atoms with Crippen LogP contribution in [0.1, 0.15) is 21.6 Å². The zero-order valence-electron chi connectivity index (χ0n) is 14.6. The maximum Gasteiger partial charge on any atom is 0.253 e. The number of hydrogen-bond donors (Lipinski definition) is 1. The number of amides is 1. The lowest BCUT2D eigenvalue weighted by atomic mass is 10.1. The van der Waals surface area contributed by atoms with Crippen LogP contribution in [0.4, 0.5) is 0 Å². The third-order valence-electron chi connectivity index (χ3n) is 4.41. The standard InChI is InChI=1S/C20H21ClN2O2/c1-13-14(2)22-19-9-4-15(12-18(13)19)20(24)23(3)10-11-25-17-7-5-16(21)6-8-17/h4-9,12,22H,10-11H2,1-3H3. The fourth-order valence-corrected chi connectivity index (χ4v) is 2.87. The van der Waals surface area contributed by atoms with Crippen LogP contribution in [-0.4, -0.2) is 36.0 Å². The number of hydrogen-bond acceptors (Lipinski definition) is 2. The first-order valence-electron chi connectivity index (χ1n) is 8.18. The number of carbonyl (C=O) groups excluding carboxylic acids is 1. The zero-order valence-corrected chi connectivity index (χ0v) is 15.4. The SMILES string of the molecule is Cc1[nH]c2ccc(C(=O)N(C)CCOc3ccc(Cl)cc3)cc2c1C. The molecule has 0 spiro atoms. The van der Waals surface area contributed by atoms with Crippen LogP contribution in [0.15, 0.2) is 42.5 Å². The van der Waals surface area contributed by atoms with E-state index < -0.39 is 0 Å². The summed E-state index contributed by atoms with van der Waals surface area (Å²) in [6, 6.07) is 13.0. The molecule has 1 N–H and O–H groups in total. The van der Waals surface area contributed by atoms with Gasteiger partial charge in [-0.1, -0.05) is 11.6 Å². The predicted molar refractivity (Wildman–Crippen MR) is 102 cm³/mol. The van der Waals surface area contributed by atoms with E-state index in [1.807, 2.05) is 37.3 Å². The van der Waals surface area contributed by atoms with Crippen molar-refractivity contribution in [3.8, 4) is 5.75 Å². The molecular formula is C20H21ClN2O2. The average molecular weight is 357 g/mol. The molecule has 0 saturated heterocycles. The Hall–Kier alpha value is -2.46. The fourth-order valence-electron chi connectivity index (χ4n) is 2.75. The molecule has 5 heteroatoms. The van der Waals surface area contributed by atoms with Crippen LogP contribution in [0, 0.1) is 13.8 Å². The van der Waals surface area contributed by atoms with Crippen molar-refractivity contribution >= 4 is 28.4 Å². The van der Waals surface area contributed by atoms with E-state index in [1.54, 1.807) is 24.1 Å². The summed E-state index contributed by atoms with van der Waals surface area (Å²) in [5.41, 5.74) is 4.05. The number of benzene rings is 2. The minimum Gasteiger partial charge on any atom is -0.492 e. The monoisotopic (exact) mass is 356 g/mol. The molecule has 0 aliphatic heterocycles. The second-order valence-corrected chi connectivity index (χ2v) is 6.60. The smallest absolute Gasteiger partial charge is 0.253 e. The number of aryl methyl sites for hydroxylation is 2. The van der Waals surface area contributed by atoms with Crippen molar-refractivity contribution < 1.29 is 9.53 Å². The molecule has 1 heterocycles. The number of aromatic nitrogens is 1. The van der Waals surface area contributed by atoms with Crippen molar-refractivity contribution in [1.82, 2.24) is 9.88 Å². The van der Waals surface area contributed by atoms with Crippen molar-refractivity contribution in [2.24, 2.45) is 0 Å². The summed E-state index contributed by atoms with van der Waals surface area (Å²) in [7, 11) is 1.78. The number of nitrogens with zero attached hydrogens (tertiary/aromatic N) is 1. The maximum absolute atomic E-state index is 12.6. The molecule has 1 aromatic heterocycles. The van der Waals surface area contributed by atoms with E-state index in [1.165, 1.54) is 5.56 Å². The molecule has 3 rings (SSSR count). The van der Waals surface area contributed by atoms with Gasteiger partial charge >= 0.3 is 0 Å². The second kappa shape index (κ2) is 7.19. The Kier molecular flexibility index (Phi) is 5.00. The summed E-state index contributed by atoms with van der Waals surface area (Å²) in [6.45, 7) is 5.03. The molecule has 3 aromatic rings. The molecule has 1 amide bonds. The Morgan fingerprint density at radius 1 is 1.16 bits per heavy atom. The van der Waals surface area contributed by atoms with Gasteiger partial charge in [0.1, 0.15) is 12.4 Å². The van der Waals surface area contributed by atoms with Crippen LogP contribution >= 0.6 is 11.6 Å². The molecule has 0 radical (unpaired) electrons. The number of H-pyrrole nitrogens is 1. The summed E-state index contributed by atoms with van der Waals surface area (Å²) >= 11 is 5.85. The van der Waals surface area contributed by atoms with Crippen LogP contribution < -0.4 is 4.74 Å². The van der Waals surface area contributed by atoms with E-state index in [9.17, 15) is 4.79 Å². The first-order chi connectivity index (χ1) is 12.0. The largest absolute Gasteiger partial charge is 0.492 e. The lowest BCUT2D eigenvalue weighted by Crippen LogP contribution is -2.30. The van der Waals surface area contributed by atoms with Crippen LogP contribution in [0.3, 0.4) is 0 Å². The molecule has 25 heavy (non-hydrogen) atoms. The zero-order chi connectivity index (χ0) is 18.0. The maximum atomic E-state index is 12.6. The molecule has 130 valence electrons. The number of ether oxygens (including phenoxy) is 1. The van der Waals surface area contributed by atoms with Crippen molar-refractivity contribution in [2.75, 3.05) is 20.2 Å². The number of nitrogens with one attached hydrogen (secondary N) is 1. The fraction of sp³-hybridized carbons (Fsp3) is 0.250. The number of aromatic amines is 1. The topological polar surface area (TPSA) is 45.3 Å². The Labute approximate surface area is 152 Å². The van der Waals surface area contributed by atoms with Gasteiger partial charge in [0.2, 0.25) is 0 Å². The highest BCUT2D eigenvalue weighted by atomic mass is 35.5. The number of carbonyl (C=O) groups is 1. The predicted octanol–water partition coefficient (Wildman–Crippen LogP) is 4.59. The number of likely N-dealkylation sites (N-methyl/N-ethyl adjacent to an activating group) is 1. The van der Waals surface area contributed by atoms with Gasteiger partial charge in [-0.15, -0.1) is 0 Å². The highest BCUT2D eigenvalue weighted by molar-refractivity contribution is 6.30. The van der Waals surface area contributed by atoms with Crippen molar-refractivity contribution in [3.63, 3.8) is 0 Å². The Balaban J connectivity index is 1.63. The highest BCUT2D eigenvalue weighted by Gasteiger charge is 2.14. The summed E-state index contributed by atoms with van der Waals surface area (Å²) in [5, 5.41) is 1.76. The van der Waals surface area contributed by atoms with E-state index in [4.69, 9.17) is 16.3 Å². The minimum atomic E-state index is -0.0140. The molecule has 0 aliphatic carbocycles. The van der Waals surface area contributed by atoms with Crippen LogP contribution in [0.25, 0.3) is 10.9 Å². The van der Waals surface area contributed by atoms with Crippen molar-refractivity contribution in [2.45, 2.75) is 13.8 Å². The quantitative estimate of drug-likeness (QED) is 0.726. The molecule has 0 bridgehead atoms. The Morgan fingerprint density at radius 3 is 2.60 bits per heavy atom. The summed E-state index contributed by atoms with van der Waals surface area (Å²) in [5.74, 6) is 0.727. The average Bonchev–Trinajstić information content (AvgIpc) is 2.90. The highest BCUT2D eigenvalue weighted by Crippen LogP contribution is 2.23. The molecule has 0 aliphatic rings. The van der Waals surface area contributed by atoms with Crippen LogP contribution in [0.5, 0.6) is 5.75 Å².